The summed E-state index contributed by atoms with van der Waals surface area (Å²) in [6.45, 7) is 3.87. The van der Waals surface area contributed by atoms with Crippen LogP contribution in [0.5, 0.6) is 0 Å². The Balaban J connectivity index is 2.12. The number of aryl methyl sites for hydroxylation is 2. The van der Waals surface area contributed by atoms with Crippen molar-refractivity contribution in [3.05, 3.63) is 57.3 Å². The molecule has 3 nitrogen and oxygen atoms in total. The molecule has 1 aromatic heterocycles. The second kappa shape index (κ2) is 6.92. The number of hydrogen-bond donors (Lipinski definition) is 1. The van der Waals surface area contributed by atoms with E-state index in [4.69, 9.17) is 23.2 Å². The third-order valence-electron chi connectivity index (χ3n) is 3.10. The van der Waals surface area contributed by atoms with Crippen molar-refractivity contribution in [2.24, 2.45) is 0 Å². The molecule has 21 heavy (non-hydrogen) atoms. The van der Waals surface area contributed by atoms with Gasteiger partial charge in [0.15, 0.2) is 0 Å². The lowest BCUT2D eigenvalue weighted by molar-refractivity contribution is -0.115. The van der Waals surface area contributed by atoms with Gasteiger partial charge in [-0.15, -0.1) is 0 Å². The molecule has 0 bridgehead atoms. The van der Waals surface area contributed by atoms with Crippen LogP contribution in [-0.4, -0.2) is 10.9 Å². The first-order valence-electron chi connectivity index (χ1n) is 6.70. The lowest BCUT2D eigenvalue weighted by Crippen LogP contribution is -2.15. The molecule has 1 amide bonds. The minimum absolute atomic E-state index is 0.0985. The van der Waals surface area contributed by atoms with Gasteiger partial charge < -0.3 is 5.32 Å². The van der Waals surface area contributed by atoms with Gasteiger partial charge in [0.05, 0.1) is 6.42 Å². The molecule has 0 spiro atoms. The molecule has 0 aliphatic rings. The quantitative estimate of drug-likeness (QED) is 0.845. The molecule has 0 atom stereocenters. The Bertz CT molecular complexity index is 648. The highest BCUT2D eigenvalue weighted by atomic mass is 35.5. The molecule has 0 fully saturated rings. The van der Waals surface area contributed by atoms with Crippen molar-refractivity contribution in [1.82, 2.24) is 4.98 Å². The van der Waals surface area contributed by atoms with Crippen LogP contribution in [0.25, 0.3) is 0 Å². The van der Waals surface area contributed by atoms with Crippen molar-refractivity contribution in [2.75, 3.05) is 5.32 Å². The fourth-order valence-electron chi connectivity index (χ4n) is 2.02. The maximum absolute atomic E-state index is 12.1. The van der Waals surface area contributed by atoms with E-state index in [1.165, 1.54) is 5.56 Å². The van der Waals surface area contributed by atoms with Crippen LogP contribution in [0.15, 0.2) is 30.3 Å². The molecule has 1 N–H and O–H groups in total. The molecule has 1 heterocycles. The largest absolute Gasteiger partial charge is 0.326 e. The topological polar surface area (TPSA) is 42.0 Å². The van der Waals surface area contributed by atoms with Gasteiger partial charge in [0.2, 0.25) is 5.91 Å². The molecule has 0 aliphatic carbocycles. The molecule has 5 heteroatoms. The van der Waals surface area contributed by atoms with E-state index < -0.39 is 0 Å². The molecule has 0 saturated heterocycles. The third kappa shape index (κ3) is 4.19. The number of hydrogen-bond acceptors (Lipinski definition) is 2. The summed E-state index contributed by atoms with van der Waals surface area (Å²) in [4.78, 5) is 16.2. The van der Waals surface area contributed by atoms with Crippen molar-refractivity contribution in [3.8, 4) is 0 Å². The van der Waals surface area contributed by atoms with Gasteiger partial charge in [-0.1, -0.05) is 42.3 Å². The average Bonchev–Trinajstić information content (AvgIpc) is 2.43. The van der Waals surface area contributed by atoms with Crippen LogP contribution in [0, 0.1) is 6.92 Å². The fourth-order valence-corrected chi connectivity index (χ4v) is 2.68. The first kappa shape index (κ1) is 15.8. The lowest BCUT2D eigenvalue weighted by Gasteiger charge is -2.09. The van der Waals surface area contributed by atoms with E-state index in [2.05, 4.69) is 17.2 Å². The Kier molecular flexibility index (Phi) is 5.21. The van der Waals surface area contributed by atoms with E-state index in [-0.39, 0.29) is 17.5 Å². The predicted octanol–water partition coefficient (Wildman–Crippen LogP) is 4.44. The first-order chi connectivity index (χ1) is 9.99. The minimum atomic E-state index is -0.169. The van der Waals surface area contributed by atoms with E-state index in [1.54, 1.807) is 13.0 Å². The van der Waals surface area contributed by atoms with E-state index >= 15 is 0 Å². The van der Waals surface area contributed by atoms with Gasteiger partial charge in [0.1, 0.15) is 5.15 Å². The molecule has 0 unspecified atom stereocenters. The van der Waals surface area contributed by atoms with Gasteiger partial charge in [0.25, 0.3) is 0 Å². The van der Waals surface area contributed by atoms with Crippen molar-refractivity contribution < 1.29 is 4.79 Å². The molecular weight excluding hydrogens is 307 g/mol. The van der Waals surface area contributed by atoms with Crippen LogP contribution < -0.4 is 5.32 Å². The van der Waals surface area contributed by atoms with Crippen LogP contribution in [0.2, 0.25) is 10.2 Å². The van der Waals surface area contributed by atoms with Gasteiger partial charge >= 0.3 is 0 Å². The van der Waals surface area contributed by atoms with Gasteiger partial charge in [-0.25, -0.2) is 4.98 Å². The highest BCUT2D eigenvalue weighted by Gasteiger charge is 2.13. The molecule has 0 aliphatic heterocycles. The molecule has 0 saturated carbocycles. The Hall–Kier alpha value is -1.58. The van der Waals surface area contributed by atoms with Crippen LogP contribution >= 0.6 is 23.2 Å². The zero-order valence-corrected chi connectivity index (χ0v) is 13.4. The predicted molar refractivity (Wildman–Crippen MR) is 87.1 cm³/mol. The fraction of sp³-hybridized carbons (Fsp3) is 0.250. The molecule has 2 rings (SSSR count). The van der Waals surface area contributed by atoms with E-state index in [1.807, 2.05) is 24.3 Å². The average molecular weight is 323 g/mol. The second-order valence-electron chi connectivity index (χ2n) is 4.79. The van der Waals surface area contributed by atoms with Crippen LogP contribution in [0.1, 0.15) is 23.7 Å². The summed E-state index contributed by atoms with van der Waals surface area (Å²) >= 11 is 12.2. The van der Waals surface area contributed by atoms with Crippen LogP contribution in [0.3, 0.4) is 0 Å². The highest BCUT2D eigenvalue weighted by Crippen LogP contribution is 2.24. The zero-order chi connectivity index (χ0) is 15.4. The van der Waals surface area contributed by atoms with Gasteiger partial charge in [-0.2, -0.15) is 0 Å². The Morgan fingerprint density at radius 3 is 2.71 bits per heavy atom. The molecule has 1 aromatic carbocycles. The van der Waals surface area contributed by atoms with Crippen LogP contribution in [-0.2, 0) is 17.6 Å². The molecule has 110 valence electrons. The molecular formula is C16H16Cl2N2O. The first-order valence-corrected chi connectivity index (χ1v) is 7.45. The molecule has 2 aromatic rings. The summed E-state index contributed by atoms with van der Waals surface area (Å²) in [5.41, 5.74) is 3.21. The maximum atomic E-state index is 12.1. The van der Waals surface area contributed by atoms with E-state index in [9.17, 15) is 4.79 Å². The van der Waals surface area contributed by atoms with Crippen molar-refractivity contribution in [2.45, 2.75) is 26.7 Å². The lowest BCUT2D eigenvalue weighted by atomic mass is 10.1. The number of pyridine rings is 1. The number of carbonyl (C=O) groups is 1. The normalized spacial score (nSPS) is 10.5. The summed E-state index contributed by atoms with van der Waals surface area (Å²) < 4.78 is 0. The number of anilines is 1. The number of benzene rings is 1. The van der Waals surface area contributed by atoms with Gasteiger partial charge in [0, 0.05) is 22.0 Å². The minimum Gasteiger partial charge on any atom is -0.326 e. The summed E-state index contributed by atoms with van der Waals surface area (Å²) in [6.07, 6.45) is 1.02. The Labute approximate surface area is 134 Å². The highest BCUT2D eigenvalue weighted by molar-refractivity contribution is 6.35. The van der Waals surface area contributed by atoms with Gasteiger partial charge in [-0.05, 0) is 37.1 Å². The number of halogens is 2. The van der Waals surface area contributed by atoms with Crippen LogP contribution in [0.4, 0.5) is 5.69 Å². The second-order valence-corrected chi connectivity index (χ2v) is 5.56. The summed E-state index contributed by atoms with van der Waals surface area (Å²) in [5, 5.41) is 3.59. The smallest absolute Gasteiger partial charge is 0.228 e. The number of carbonyl (C=O) groups excluding carboxylic acids is 1. The summed E-state index contributed by atoms with van der Waals surface area (Å²) in [7, 11) is 0. The number of amides is 1. The number of aromatic nitrogens is 1. The Morgan fingerprint density at radius 1 is 1.29 bits per heavy atom. The monoisotopic (exact) mass is 322 g/mol. The summed E-state index contributed by atoms with van der Waals surface area (Å²) in [6, 6.07) is 9.45. The van der Waals surface area contributed by atoms with E-state index in [0.717, 1.165) is 17.8 Å². The number of rotatable bonds is 4. The maximum Gasteiger partial charge on any atom is 0.228 e. The van der Waals surface area contributed by atoms with Gasteiger partial charge in [-0.3, -0.25) is 4.79 Å². The van der Waals surface area contributed by atoms with Crippen molar-refractivity contribution in [1.29, 1.82) is 0 Å². The van der Waals surface area contributed by atoms with E-state index in [0.29, 0.717) is 10.6 Å². The standard InChI is InChI=1S/C16H16Cl2N2O/c1-3-11-5-4-6-12(8-11)20-15(21)9-13-14(17)7-10(2)19-16(13)18/h4-8H,3,9H2,1-2H3,(H,20,21). The summed E-state index contributed by atoms with van der Waals surface area (Å²) in [5.74, 6) is -0.169. The molecule has 0 radical (unpaired) electrons. The Morgan fingerprint density at radius 2 is 2.05 bits per heavy atom. The zero-order valence-electron chi connectivity index (χ0n) is 11.9. The SMILES string of the molecule is CCc1cccc(NC(=O)Cc2c(Cl)cc(C)nc2Cl)c1. The third-order valence-corrected chi connectivity index (χ3v) is 3.75. The van der Waals surface area contributed by atoms with Crippen molar-refractivity contribution >= 4 is 34.8 Å². The van der Waals surface area contributed by atoms with Crippen molar-refractivity contribution in [3.63, 3.8) is 0 Å². The number of nitrogens with one attached hydrogen (secondary N) is 1. The number of nitrogens with zero attached hydrogens (tertiary/aromatic N) is 1.